The Morgan fingerprint density at radius 3 is 2.56 bits per heavy atom. The van der Waals surface area contributed by atoms with E-state index in [1.54, 1.807) is 32.4 Å². The Balaban J connectivity index is 1.67. The molecule has 2 aromatic rings. The summed E-state index contributed by atoms with van der Waals surface area (Å²) in [5.41, 5.74) is 1.74. The minimum atomic E-state index is -0.0203. The summed E-state index contributed by atoms with van der Waals surface area (Å²) in [6.07, 6.45) is 0.819. The van der Waals surface area contributed by atoms with Crippen LogP contribution < -0.4 is 14.8 Å². The van der Waals surface area contributed by atoms with Crippen LogP contribution in [0.1, 0.15) is 36.2 Å². The molecular weight excluding hydrogens is 432 g/mol. The average molecular weight is 471 g/mol. The Morgan fingerprint density at radius 1 is 1.06 bits per heavy atom. The molecule has 2 aromatic carbocycles. The molecule has 0 bridgehead atoms. The van der Waals surface area contributed by atoms with Crippen molar-refractivity contribution < 1.29 is 23.7 Å². The molecule has 0 saturated carbocycles. The maximum atomic E-state index is 13.5. The zero-order valence-corrected chi connectivity index (χ0v) is 20.8. The Hall–Kier alpha value is -2.61. The van der Waals surface area contributed by atoms with Crippen molar-refractivity contribution in [2.75, 3.05) is 47.1 Å². The second kappa shape index (κ2) is 13.3. The largest absolute Gasteiger partial charge is 0.493 e. The van der Waals surface area contributed by atoms with E-state index in [-0.39, 0.29) is 24.0 Å². The molecule has 1 heterocycles. The van der Waals surface area contributed by atoms with Crippen LogP contribution in [0.25, 0.3) is 0 Å². The lowest BCUT2D eigenvalue weighted by Crippen LogP contribution is -2.43. The normalized spacial score (nSPS) is 17.7. The molecule has 2 atom stereocenters. The van der Waals surface area contributed by atoms with Crippen molar-refractivity contribution >= 4 is 5.91 Å². The Kier molecular flexibility index (Phi) is 10.2. The monoisotopic (exact) mass is 470 g/mol. The number of hydrogen-bond acceptors (Lipinski definition) is 6. The van der Waals surface area contributed by atoms with Crippen LogP contribution in [0.5, 0.6) is 11.5 Å². The van der Waals surface area contributed by atoms with Gasteiger partial charge in [0, 0.05) is 57.3 Å². The first kappa shape index (κ1) is 26.0. The molecule has 0 radical (unpaired) electrons. The van der Waals surface area contributed by atoms with Crippen LogP contribution in [-0.2, 0) is 16.1 Å². The molecule has 0 aliphatic carbocycles. The summed E-state index contributed by atoms with van der Waals surface area (Å²) in [4.78, 5) is 15.5. The molecule has 0 aromatic heterocycles. The van der Waals surface area contributed by atoms with Crippen LogP contribution in [0, 0.1) is 5.92 Å². The molecule has 1 fully saturated rings. The second-order valence-corrected chi connectivity index (χ2v) is 8.87. The minimum Gasteiger partial charge on any atom is -0.493 e. The molecular formula is C27H38N2O5. The number of benzene rings is 2. The molecule has 7 heteroatoms. The van der Waals surface area contributed by atoms with Gasteiger partial charge in [0.05, 0.1) is 26.4 Å². The van der Waals surface area contributed by atoms with Crippen molar-refractivity contribution in [2.45, 2.75) is 39.0 Å². The lowest BCUT2D eigenvalue weighted by Gasteiger charge is -2.31. The van der Waals surface area contributed by atoms with E-state index in [1.165, 1.54) is 0 Å². The number of nitrogens with zero attached hydrogens (tertiary/aromatic N) is 1. The summed E-state index contributed by atoms with van der Waals surface area (Å²) >= 11 is 0. The van der Waals surface area contributed by atoms with Crippen LogP contribution in [-0.4, -0.2) is 70.0 Å². The standard InChI is InChI=1S/C27H38N2O5/c1-20(2)29(18-23-16-28-17-26(23)34-19-21-9-6-5-7-10-21)27(30)22-11-12-24(32-4)25(15-22)33-14-8-13-31-3/h5-7,9-12,15,20,23,26,28H,8,13-14,16-19H2,1-4H3. The van der Waals surface area contributed by atoms with E-state index in [0.717, 1.165) is 25.1 Å². The van der Waals surface area contributed by atoms with Crippen molar-refractivity contribution in [3.05, 3.63) is 59.7 Å². The number of carbonyl (C=O) groups excluding carboxylic acids is 1. The van der Waals surface area contributed by atoms with E-state index < -0.39 is 0 Å². The zero-order chi connectivity index (χ0) is 24.3. The number of methoxy groups -OCH3 is 2. The summed E-state index contributed by atoms with van der Waals surface area (Å²) in [7, 11) is 3.26. The molecule has 0 spiro atoms. The Labute approximate surface area is 203 Å². The van der Waals surface area contributed by atoms with E-state index >= 15 is 0 Å². The van der Waals surface area contributed by atoms with E-state index in [4.69, 9.17) is 18.9 Å². The number of amides is 1. The molecule has 34 heavy (non-hydrogen) atoms. The third-order valence-corrected chi connectivity index (χ3v) is 6.06. The molecule has 1 amide bonds. The van der Waals surface area contributed by atoms with Gasteiger partial charge in [-0.15, -0.1) is 0 Å². The SMILES string of the molecule is COCCCOc1cc(C(=O)N(CC2CNCC2OCc2ccccc2)C(C)C)ccc1OC. The fourth-order valence-electron chi connectivity index (χ4n) is 4.12. The maximum absolute atomic E-state index is 13.5. The van der Waals surface area contributed by atoms with Crippen LogP contribution in [0.3, 0.4) is 0 Å². The molecule has 7 nitrogen and oxygen atoms in total. The van der Waals surface area contributed by atoms with Crippen molar-refractivity contribution in [1.29, 1.82) is 0 Å². The number of carbonyl (C=O) groups is 1. The van der Waals surface area contributed by atoms with E-state index in [9.17, 15) is 4.79 Å². The Morgan fingerprint density at radius 2 is 1.85 bits per heavy atom. The maximum Gasteiger partial charge on any atom is 0.254 e. The van der Waals surface area contributed by atoms with Crippen molar-refractivity contribution in [2.24, 2.45) is 5.92 Å². The van der Waals surface area contributed by atoms with Gasteiger partial charge in [-0.2, -0.15) is 0 Å². The average Bonchev–Trinajstić information content (AvgIpc) is 3.31. The first-order valence-electron chi connectivity index (χ1n) is 12.0. The van der Waals surface area contributed by atoms with E-state index in [2.05, 4.69) is 17.4 Å². The fraction of sp³-hybridized carbons (Fsp3) is 0.519. The van der Waals surface area contributed by atoms with Gasteiger partial charge >= 0.3 is 0 Å². The third-order valence-electron chi connectivity index (χ3n) is 6.06. The second-order valence-electron chi connectivity index (χ2n) is 8.87. The van der Waals surface area contributed by atoms with Crippen molar-refractivity contribution in [3.63, 3.8) is 0 Å². The van der Waals surface area contributed by atoms with Gasteiger partial charge in [-0.05, 0) is 37.6 Å². The van der Waals surface area contributed by atoms with Gasteiger partial charge in [0.25, 0.3) is 5.91 Å². The first-order valence-corrected chi connectivity index (χ1v) is 12.0. The molecule has 1 saturated heterocycles. The Bertz CT molecular complexity index is 890. The van der Waals surface area contributed by atoms with E-state index in [0.29, 0.717) is 43.4 Å². The summed E-state index contributed by atoms with van der Waals surface area (Å²) in [5.74, 6) is 1.38. The molecule has 186 valence electrons. The van der Waals surface area contributed by atoms with Gasteiger partial charge in [0.2, 0.25) is 0 Å². The van der Waals surface area contributed by atoms with E-state index in [1.807, 2.05) is 36.9 Å². The number of nitrogens with one attached hydrogen (secondary N) is 1. The summed E-state index contributed by atoms with van der Waals surface area (Å²) in [6.45, 7) is 8.01. The number of ether oxygens (including phenoxy) is 4. The van der Waals surface area contributed by atoms with Gasteiger partial charge < -0.3 is 29.2 Å². The highest BCUT2D eigenvalue weighted by molar-refractivity contribution is 5.95. The van der Waals surface area contributed by atoms with Crippen molar-refractivity contribution in [1.82, 2.24) is 10.2 Å². The topological polar surface area (TPSA) is 69.3 Å². The first-order chi connectivity index (χ1) is 16.5. The predicted molar refractivity (Wildman–Crippen MR) is 133 cm³/mol. The predicted octanol–water partition coefficient (Wildman–Crippen LogP) is 3.77. The quantitative estimate of drug-likeness (QED) is 0.450. The van der Waals surface area contributed by atoms with Crippen LogP contribution in [0.4, 0.5) is 0 Å². The molecule has 3 rings (SSSR count). The number of rotatable bonds is 13. The van der Waals surface area contributed by atoms with Gasteiger partial charge in [-0.1, -0.05) is 30.3 Å². The van der Waals surface area contributed by atoms with Crippen LogP contribution in [0.15, 0.2) is 48.5 Å². The molecule has 2 unspecified atom stereocenters. The highest BCUT2D eigenvalue weighted by Gasteiger charge is 2.32. The van der Waals surface area contributed by atoms with Gasteiger partial charge in [-0.3, -0.25) is 4.79 Å². The minimum absolute atomic E-state index is 0.0203. The van der Waals surface area contributed by atoms with Crippen LogP contribution >= 0.6 is 0 Å². The van der Waals surface area contributed by atoms with Gasteiger partial charge in [0.1, 0.15) is 0 Å². The molecule has 1 aliphatic heterocycles. The third kappa shape index (κ3) is 7.19. The van der Waals surface area contributed by atoms with Crippen molar-refractivity contribution in [3.8, 4) is 11.5 Å². The highest BCUT2D eigenvalue weighted by Crippen LogP contribution is 2.29. The smallest absolute Gasteiger partial charge is 0.254 e. The fourth-order valence-corrected chi connectivity index (χ4v) is 4.12. The summed E-state index contributed by atoms with van der Waals surface area (Å²) in [6, 6.07) is 15.6. The lowest BCUT2D eigenvalue weighted by molar-refractivity contribution is 0.0129. The van der Waals surface area contributed by atoms with Gasteiger partial charge in [0.15, 0.2) is 11.5 Å². The highest BCUT2D eigenvalue weighted by atomic mass is 16.5. The molecule has 1 aliphatic rings. The zero-order valence-electron chi connectivity index (χ0n) is 20.8. The summed E-state index contributed by atoms with van der Waals surface area (Å²) < 4.78 is 22.6. The summed E-state index contributed by atoms with van der Waals surface area (Å²) in [5, 5.41) is 3.43. The molecule has 1 N–H and O–H groups in total. The number of hydrogen-bond donors (Lipinski definition) is 1. The van der Waals surface area contributed by atoms with Gasteiger partial charge in [-0.25, -0.2) is 0 Å². The van der Waals surface area contributed by atoms with Crippen LogP contribution in [0.2, 0.25) is 0 Å². The lowest BCUT2D eigenvalue weighted by atomic mass is 10.0.